The molecule has 1 aromatic carbocycles. The van der Waals surface area contributed by atoms with Crippen LogP contribution in [0.2, 0.25) is 0 Å². The molecule has 1 heterocycles. The van der Waals surface area contributed by atoms with Crippen LogP contribution in [0, 0.1) is 0 Å². The van der Waals surface area contributed by atoms with Crippen LogP contribution < -0.4 is 0 Å². The van der Waals surface area contributed by atoms with Crippen LogP contribution in [0.15, 0.2) is 42.6 Å². The van der Waals surface area contributed by atoms with Crippen molar-refractivity contribution in [2.45, 2.75) is 18.9 Å². The Kier molecular flexibility index (Phi) is 3.79. The van der Waals surface area contributed by atoms with E-state index in [1.807, 2.05) is 6.07 Å². The zero-order valence-corrected chi connectivity index (χ0v) is 9.82. The Morgan fingerprint density at radius 1 is 1.11 bits per heavy atom. The normalized spacial score (nSPS) is 12.3. The fourth-order valence-electron chi connectivity index (χ4n) is 1.79. The molecule has 0 spiro atoms. The third-order valence-corrected chi connectivity index (χ3v) is 2.78. The van der Waals surface area contributed by atoms with Crippen molar-refractivity contribution in [2.24, 2.45) is 0 Å². The lowest BCUT2D eigenvalue weighted by atomic mass is 10.0. The standard InChI is InChI=1S/C14H15NO3/c16-11-5-7-13(17)10(9-11)4-6-14(18)12-3-1-2-8-15-12/h1-3,5,7-9,14,16-18H,4,6H2. The van der Waals surface area contributed by atoms with Gasteiger partial charge < -0.3 is 15.3 Å². The van der Waals surface area contributed by atoms with Gasteiger partial charge in [-0.05, 0) is 48.7 Å². The molecule has 0 bridgehead atoms. The van der Waals surface area contributed by atoms with Gasteiger partial charge in [0.1, 0.15) is 11.5 Å². The van der Waals surface area contributed by atoms with Crippen LogP contribution in [0.1, 0.15) is 23.8 Å². The average molecular weight is 245 g/mol. The first kappa shape index (κ1) is 12.4. The molecule has 0 aliphatic heterocycles. The van der Waals surface area contributed by atoms with Gasteiger partial charge in [-0.1, -0.05) is 6.07 Å². The third-order valence-electron chi connectivity index (χ3n) is 2.78. The van der Waals surface area contributed by atoms with Crippen molar-refractivity contribution < 1.29 is 15.3 Å². The predicted molar refractivity (Wildman–Crippen MR) is 67.3 cm³/mol. The fraction of sp³-hybridized carbons (Fsp3) is 0.214. The number of aliphatic hydroxyl groups is 1. The maximum Gasteiger partial charge on any atom is 0.119 e. The van der Waals surface area contributed by atoms with Crippen molar-refractivity contribution in [1.29, 1.82) is 0 Å². The number of nitrogens with zero attached hydrogens (tertiary/aromatic N) is 1. The van der Waals surface area contributed by atoms with Crippen LogP contribution in [0.4, 0.5) is 0 Å². The number of aliphatic hydroxyl groups excluding tert-OH is 1. The van der Waals surface area contributed by atoms with Crippen molar-refractivity contribution in [2.75, 3.05) is 0 Å². The highest BCUT2D eigenvalue weighted by Gasteiger charge is 2.10. The van der Waals surface area contributed by atoms with Crippen LogP contribution in [0.25, 0.3) is 0 Å². The summed E-state index contributed by atoms with van der Waals surface area (Å²) in [5.74, 6) is 0.233. The molecule has 0 aliphatic carbocycles. The number of aromatic hydroxyl groups is 2. The Morgan fingerprint density at radius 3 is 2.67 bits per heavy atom. The highest BCUT2D eigenvalue weighted by atomic mass is 16.3. The zero-order chi connectivity index (χ0) is 13.0. The Bertz CT molecular complexity index is 514. The van der Waals surface area contributed by atoms with Gasteiger partial charge in [-0.15, -0.1) is 0 Å². The molecule has 0 saturated carbocycles. The van der Waals surface area contributed by atoms with E-state index in [2.05, 4.69) is 4.98 Å². The van der Waals surface area contributed by atoms with Gasteiger partial charge in [0, 0.05) is 6.20 Å². The van der Waals surface area contributed by atoms with E-state index >= 15 is 0 Å². The molecule has 4 heteroatoms. The topological polar surface area (TPSA) is 73.6 Å². The maximum absolute atomic E-state index is 9.94. The van der Waals surface area contributed by atoms with E-state index in [9.17, 15) is 15.3 Å². The van der Waals surface area contributed by atoms with Crippen LogP contribution in [0.5, 0.6) is 11.5 Å². The van der Waals surface area contributed by atoms with E-state index in [-0.39, 0.29) is 11.5 Å². The summed E-state index contributed by atoms with van der Waals surface area (Å²) in [6.07, 6.45) is 1.86. The number of phenols is 2. The van der Waals surface area contributed by atoms with Crippen molar-refractivity contribution in [3.63, 3.8) is 0 Å². The number of pyridine rings is 1. The van der Waals surface area contributed by atoms with Crippen molar-refractivity contribution in [1.82, 2.24) is 4.98 Å². The van der Waals surface area contributed by atoms with E-state index in [0.717, 1.165) is 0 Å². The molecule has 4 nitrogen and oxygen atoms in total. The van der Waals surface area contributed by atoms with Crippen molar-refractivity contribution in [3.05, 3.63) is 53.9 Å². The van der Waals surface area contributed by atoms with E-state index in [0.29, 0.717) is 24.1 Å². The van der Waals surface area contributed by atoms with E-state index < -0.39 is 6.10 Å². The maximum atomic E-state index is 9.94. The fourth-order valence-corrected chi connectivity index (χ4v) is 1.79. The number of phenolic OH excluding ortho intramolecular Hbond substituents is 2. The quantitative estimate of drug-likeness (QED) is 0.722. The summed E-state index contributed by atoms with van der Waals surface area (Å²) in [4.78, 5) is 4.07. The first-order valence-electron chi connectivity index (χ1n) is 5.76. The molecule has 0 radical (unpaired) electrons. The summed E-state index contributed by atoms with van der Waals surface area (Å²) in [6.45, 7) is 0. The number of hydrogen-bond donors (Lipinski definition) is 3. The number of aromatic nitrogens is 1. The number of aryl methyl sites for hydroxylation is 1. The van der Waals surface area contributed by atoms with Crippen LogP contribution in [-0.4, -0.2) is 20.3 Å². The van der Waals surface area contributed by atoms with E-state index in [1.54, 1.807) is 18.3 Å². The third kappa shape index (κ3) is 2.99. The Labute approximate surface area is 105 Å². The van der Waals surface area contributed by atoms with Crippen LogP contribution in [0.3, 0.4) is 0 Å². The molecule has 3 N–H and O–H groups in total. The van der Waals surface area contributed by atoms with Gasteiger partial charge in [-0.25, -0.2) is 0 Å². The monoisotopic (exact) mass is 245 g/mol. The van der Waals surface area contributed by atoms with Crippen LogP contribution in [-0.2, 0) is 6.42 Å². The Balaban J connectivity index is 2.01. The second kappa shape index (κ2) is 5.51. The van der Waals surface area contributed by atoms with Gasteiger partial charge in [0.05, 0.1) is 11.8 Å². The lowest BCUT2D eigenvalue weighted by Crippen LogP contribution is -2.01. The summed E-state index contributed by atoms with van der Waals surface area (Å²) in [5.41, 5.74) is 1.22. The van der Waals surface area contributed by atoms with Crippen LogP contribution >= 0.6 is 0 Å². The summed E-state index contributed by atoms with van der Waals surface area (Å²) < 4.78 is 0. The molecule has 0 amide bonds. The van der Waals surface area contributed by atoms with Gasteiger partial charge in [0.2, 0.25) is 0 Å². The van der Waals surface area contributed by atoms with E-state index in [1.165, 1.54) is 18.2 Å². The summed E-state index contributed by atoms with van der Waals surface area (Å²) in [5, 5.41) is 28.9. The Hall–Kier alpha value is -2.07. The van der Waals surface area contributed by atoms with Gasteiger partial charge >= 0.3 is 0 Å². The number of hydrogen-bond acceptors (Lipinski definition) is 4. The second-order valence-electron chi connectivity index (χ2n) is 4.12. The minimum Gasteiger partial charge on any atom is -0.508 e. The molecule has 0 aliphatic rings. The summed E-state index contributed by atoms with van der Waals surface area (Å²) in [7, 11) is 0. The first-order chi connectivity index (χ1) is 8.66. The van der Waals surface area contributed by atoms with Gasteiger partial charge in [-0.3, -0.25) is 4.98 Å². The molecule has 18 heavy (non-hydrogen) atoms. The van der Waals surface area contributed by atoms with Gasteiger partial charge in [0.15, 0.2) is 0 Å². The largest absolute Gasteiger partial charge is 0.508 e. The molecular weight excluding hydrogens is 230 g/mol. The second-order valence-corrected chi connectivity index (χ2v) is 4.12. The summed E-state index contributed by atoms with van der Waals surface area (Å²) >= 11 is 0. The average Bonchev–Trinajstić information content (AvgIpc) is 2.40. The molecule has 1 unspecified atom stereocenters. The lowest BCUT2D eigenvalue weighted by Gasteiger charge is -2.10. The van der Waals surface area contributed by atoms with Gasteiger partial charge in [0.25, 0.3) is 0 Å². The predicted octanol–water partition coefficient (Wildman–Crippen LogP) is 2.16. The van der Waals surface area contributed by atoms with Crippen molar-refractivity contribution >= 4 is 0 Å². The minimum absolute atomic E-state index is 0.107. The molecule has 1 aromatic heterocycles. The zero-order valence-electron chi connectivity index (χ0n) is 9.82. The minimum atomic E-state index is -0.673. The molecule has 0 fully saturated rings. The first-order valence-corrected chi connectivity index (χ1v) is 5.76. The molecule has 1 atom stereocenters. The molecule has 0 saturated heterocycles. The number of benzene rings is 1. The smallest absolute Gasteiger partial charge is 0.119 e. The highest BCUT2D eigenvalue weighted by molar-refractivity contribution is 5.38. The SMILES string of the molecule is Oc1ccc(O)c(CCC(O)c2ccccn2)c1. The van der Waals surface area contributed by atoms with E-state index in [4.69, 9.17) is 0 Å². The Morgan fingerprint density at radius 2 is 1.94 bits per heavy atom. The molecular formula is C14H15NO3. The van der Waals surface area contributed by atoms with Gasteiger partial charge in [-0.2, -0.15) is 0 Å². The molecule has 94 valence electrons. The number of rotatable bonds is 4. The van der Waals surface area contributed by atoms with Crippen molar-refractivity contribution in [3.8, 4) is 11.5 Å². The lowest BCUT2D eigenvalue weighted by molar-refractivity contribution is 0.163. The molecule has 2 rings (SSSR count). The summed E-state index contributed by atoms with van der Waals surface area (Å²) in [6, 6.07) is 9.73. The highest BCUT2D eigenvalue weighted by Crippen LogP contribution is 2.25. The molecule has 2 aromatic rings.